The summed E-state index contributed by atoms with van der Waals surface area (Å²) in [4.78, 5) is 17.0. The molecule has 1 aromatic carbocycles. The molecule has 1 amide bonds. The number of pyridine rings is 1. The number of amides is 1. The molecule has 28 heavy (non-hydrogen) atoms. The SMILES string of the molecule is Cc1cn(S(=O)(=O)c2ccccc2)cc1C(=O)NCc1c(C)cc(N)nc1C. The van der Waals surface area contributed by atoms with Crippen LogP contribution in [0.3, 0.4) is 0 Å². The van der Waals surface area contributed by atoms with E-state index in [2.05, 4.69) is 10.3 Å². The van der Waals surface area contributed by atoms with Crippen molar-refractivity contribution >= 4 is 21.7 Å². The van der Waals surface area contributed by atoms with Crippen molar-refractivity contribution in [2.75, 3.05) is 5.73 Å². The fourth-order valence-electron chi connectivity index (χ4n) is 3.04. The maximum Gasteiger partial charge on any atom is 0.267 e. The van der Waals surface area contributed by atoms with Crippen LogP contribution in [0.25, 0.3) is 0 Å². The van der Waals surface area contributed by atoms with E-state index in [-0.39, 0.29) is 17.3 Å². The zero-order valence-corrected chi connectivity index (χ0v) is 16.7. The van der Waals surface area contributed by atoms with Gasteiger partial charge in [-0.2, -0.15) is 0 Å². The van der Waals surface area contributed by atoms with Crippen LogP contribution in [0.4, 0.5) is 5.82 Å². The quantitative estimate of drug-likeness (QED) is 0.687. The van der Waals surface area contributed by atoms with Crippen LogP contribution in [0.2, 0.25) is 0 Å². The van der Waals surface area contributed by atoms with Gasteiger partial charge in [0, 0.05) is 24.6 Å². The van der Waals surface area contributed by atoms with Crippen LogP contribution in [0.5, 0.6) is 0 Å². The average Bonchev–Trinajstić information content (AvgIpc) is 3.04. The molecule has 3 aromatic rings. The second-order valence-corrected chi connectivity index (χ2v) is 8.46. The van der Waals surface area contributed by atoms with Crippen molar-refractivity contribution in [1.29, 1.82) is 0 Å². The zero-order valence-electron chi connectivity index (χ0n) is 15.9. The van der Waals surface area contributed by atoms with Crippen molar-refractivity contribution in [2.45, 2.75) is 32.2 Å². The Morgan fingerprint density at radius 1 is 1.11 bits per heavy atom. The lowest BCUT2D eigenvalue weighted by molar-refractivity contribution is 0.0950. The van der Waals surface area contributed by atoms with Crippen LogP contribution < -0.4 is 11.1 Å². The first-order chi connectivity index (χ1) is 13.2. The highest BCUT2D eigenvalue weighted by Crippen LogP contribution is 2.19. The van der Waals surface area contributed by atoms with E-state index in [1.165, 1.54) is 24.5 Å². The Morgan fingerprint density at radius 2 is 1.79 bits per heavy atom. The molecule has 8 heteroatoms. The summed E-state index contributed by atoms with van der Waals surface area (Å²) in [6, 6.07) is 9.84. The molecule has 146 valence electrons. The van der Waals surface area contributed by atoms with Gasteiger partial charge in [0.1, 0.15) is 5.82 Å². The molecule has 2 heterocycles. The molecule has 0 radical (unpaired) electrons. The van der Waals surface area contributed by atoms with Gasteiger partial charge in [-0.3, -0.25) is 4.79 Å². The van der Waals surface area contributed by atoms with E-state index >= 15 is 0 Å². The topological polar surface area (TPSA) is 107 Å². The monoisotopic (exact) mass is 398 g/mol. The number of nitrogen functional groups attached to an aromatic ring is 1. The van der Waals surface area contributed by atoms with Crippen LogP contribution in [-0.4, -0.2) is 23.3 Å². The van der Waals surface area contributed by atoms with E-state index < -0.39 is 10.0 Å². The maximum atomic E-state index is 12.7. The molecule has 0 aliphatic carbocycles. The number of anilines is 1. The Balaban J connectivity index is 1.83. The van der Waals surface area contributed by atoms with Gasteiger partial charge in [-0.25, -0.2) is 17.4 Å². The first-order valence-electron chi connectivity index (χ1n) is 8.70. The van der Waals surface area contributed by atoms with Crippen molar-refractivity contribution in [3.63, 3.8) is 0 Å². The molecule has 0 aliphatic rings. The molecule has 2 aromatic heterocycles. The number of hydrogen-bond acceptors (Lipinski definition) is 5. The summed E-state index contributed by atoms with van der Waals surface area (Å²) in [6.07, 6.45) is 2.78. The Bertz CT molecular complexity index is 1110. The number of carbonyl (C=O) groups is 1. The van der Waals surface area contributed by atoms with Crippen molar-refractivity contribution in [3.05, 3.63) is 76.7 Å². The number of aromatic nitrogens is 2. The van der Waals surface area contributed by atoms with E-state index in [1.54, 1.807) is 31.2 Å². The van der Waals surface area contributed by atoms with Crippen molar-refractivity contribution < 1.29 is 13.2 Å². The van der Waals surface area contributed by atoms with E-state index in [9.17, 15) is 13.2 Å². The van der Waals surface area contributed by atoms with E-state index in [0.717, 1.165) is 20.8 Å². The minimum Gasteiger partial charge on any atom is -0.384 e. The molecule has 3 rings (SSSR count). The number of rotatable bonds is 5. The Morgan fingerprint density at radius 3 is 2.43 bits per heavy atom. The molecule has 0 bridgehead atoms. The highest BCUT2D eigenvalue weighted by atomic mass is 32.2. The molecule has 0 fully saturated rings. The summed E-state index contributed by atoms with van der Waals surface area (Å²) in [5, 5.41) is 2.83. The standard InChI is InChI=1S/C20H22N4O3S/c1-13-9-19(21)23-15(3)17(13)10-22-20(25)18-12-24(11-14(18)2)28(26,27)16-7-5-4-6-8-16/h4-9,11-12H,10H2,1-3H3,(H2,21,23)(H,22,25). The second-order valence-electron chi connectivity index (χ2n) is 6.61. The van der Waals surface area contributed by atoms with E-state index in [0.29, 0.717) is 16.9 Å². The van der Waals surface area contributed by atoms with Gasteiger partial charge in [0.15, 0.2) is 0 Å². The van der Waals surface area contributed by atoms with Gasteiger partial charge in [-0.1, -0.05) is 18.2 Å². The molecule has 0 saturated heterocycles. The average molecular weight is 398 g/mol. The number of aryl methyl sites for hydroxylation is 3. The first kappa shape index (κ1) is 19.6. The van der Waals surface area contributed by atoms with Crippen LogP contribution in [-0.2, 0) is 16.6 Å². The minimum absolute atomic E-state index is 0.163. The van der Waals surface area contributed by atoms with Crippen molar-refractivity contribution in [3.8, 4) is 0 Å². The van der Waals surface area contributed by atoms with Crippen LogP contribution in [0.1, 0.15) is 32.7 Å². The third kappa shape index (κ3) is 3.77. The lowest BCUT2D eigenvalue weighted by Crippen LogP contribution is -2.24. The Kier molecular flexibility index (Phi) is 5.24. The fraction of sp³-hybridized carbons (Fsp3) is 0.200. The molecule has 3 N–H and O–H groups in total. The van der Waals surface area contributed by atoms with Crippen LogP contribution >= 0.6 is 0 Å². The van der Waals surface area contributed by atoms with Gasteiger partial charge < -0.3 is 11.1 Å². The smallest absolute Gasteiger partial charge is 0.267 e. The number of nitrogens with one attached hydrogen (secondary N) is 1. The zero-order chi connectivity index (χ0) is 20.5. The lowest BCUT2D eigenvalue weighted by Gasteiger charge is -2.11. The first-order valence-corrected chi connectivity index (χ1v) is 10.1. The number of benzene rings is 1. The lowest BCUT2D eigenvalue weighted by atomic mass is 10.1. The van der Waals surface area contributed by atoms with Crippen LogP contribution in [0, 0.1) is 20.8 Å². The number of nitrogens with zero attached hydrogens (tertiary/aromatic N) is 2. The summed E-state index contributed by atoms with van der Waals surface area (Å²) in [5.41, 5.74) is 9.17. The summed E-state index contributed by atoms with van der Waals surface area (Å²) < 4.78 is 26.5. The predicted octanol–water partition coefficient (Wildman–Crippen LogP) is 2.56. The van der Waals surface area contributed by atoms with Gasteiger partial charge in [0.25, 0.3) is 15.9 Å². The highest BCUT2D eigenvalue weighted by molar-refractivity contribution is 7.90. The van der Waals surface area contributed by atoms with Gasteiger partial charge in [-0.05, 0) is 55.7 Å². The minimum atomic E-state index is -3.75. The van der Waals surface area contributed by atoms with Gasteiger partial charge in [-0.15, -0.1) is 0 Å². The third-order valence-corrected chi connectivity index (χ3v) is 6.20. The molecule has 0 atom stereocenters. The molecular weight excluding hydrogens is 376 g/mol. The van der Waals surface area contributed by atoms with Crippen LogP contribution in [0.15, 0.2) is 53.7 Å². The van der Waals surface area contributed by atoms with Gasteiger partial charge >= 0.3 is 0 Å². The maximum absolute atomic E-state index is 12.7. The largest absolute Gasteiger partial charge is 0.384 e. The summed E-state index contributed by atoms with van der Waals surface area (Å²) in [6.45, 7) is 5.72. The normalized spacial score (nSPS) is 11.4. The summed E-state index contributed by atoms with van der Waals surface area (Å²) in [5.74, 6) is 0.0826. The Labute approximate surface area is 164 Å². The van der Waals surface area contributed by atoms with Crippen molar-refractivity contribution in [1.82, 2.24) is 14.3 Å². The predicted molar refractivity (Wildman–Crippen MR) is 107 cm³/mol. The molecule has 0 unspecified atom stereocenters. The van der Waals surface area contributed by atoms with Crippen molar-refractivity contribution in [2.24, 2.45) is 0 Å². The van der Waals surface area contributed by atoms with Gasteiger partial charge in [0.05, 0.1) is 10.5 Å². The third-order valence-electron chi connectivity index (χ3n) is 4.56. The number of hydrogen-bond donors (Lipinski definition) is 2. The van der Waals surface area contributed by atoms with Gasteiger partial charge in [0.2, 0.25) is 0 Å². The van der Waals surface area contributed by atoms with E-state index in [1.807, 2.05) is 13.8 Å². The molecule has 0 aliphatic heterocycles. The summed E-state index contributed by atoms with van der Waals surface area (Å²) in [7, 11) is -3.75. The molecule has 0 saturated carbocycles. The van der Waals surface area contributed by atoms with E-state index in [4.69, 9.17) is 5.73 Å². The summed E-state index contributed by atoms with van der Waals surface area (Å²) >= 11 is 0. The number of carbonyl (C=O) groups excluding carboxylic acids is 1. The molecule has 7 nitrogen and oxygen atoms in total. The number of nitrogens with two attached hydrogens (primary N) is 1. The highest BCUT2D eigenvalue weighted by Gasteiger charge is 2.20. The molecule has 0 spiro atoms. The second kappa shape index (κ2) is 7.47. The Hall–Kier alpha value is -3.13. The fourth-order valence-corrected chi connectivity index (χ4v) is 4.32. The molecular formula is C20H22N4O3S.